The van der Waals surface area contributed by atoms with Crippen LogP contribution >= 0.6 is 0 Å². The molecule has 0 heterocycles. The summed E-state index contributed by atoms with van der Waals surface area (Å²) in [6, 6.07) is 6.68. The zero-order valence-electron chi connectivity index (χ0n) is 6.53. The van der Waals surface area contributed by atoms with Crippen molar-refractivity contribution in [2.24, 2.45) is 0 Å². The smallest absolute Gasteiger partial charge is 0.190 e. The van der Waals surface area contributed by atoms with Crippen LogP contribution in [-0.4, -0.2) is 7.11 Å². The summed E-state index contributed by atoms with van der Waals surface area (Å²) < 4.78 is 4.91. The molecule has 0 spiro atoms. The predicted molar refractivity (Wildman–Crippen MR) is 44.0 cm³/mol. The highest BCUT2D eigenvalue weighted by Crippen LogP contribution is 2.23. The van der Waals surface area contributed by atoms with Crippen LogP contribution in [0.3, 0.4) is 0 Å². The maximum absolute atomic E-state index is 8.61. The number of ether oxygens (including phenoxy) is 1. The number of hydrogen-bond donors (Lipinski definition) is 0. The van der Waals surface area contributed by atoms with Gasteiger partial charge in [0.25, 0.3) is 0 Å². The second kappa shape index (κ2) is 3.41. The Kier molecular flexibility index (Phi) is 2.30. The molecule has 0 fully saturated rings. The van der Waals surface area contributed by atoms with E-state index in [4.69, 9.17) is 16.6 Å². The van der Waals surface area contributed by atoms with Crippen LogP contribution in [0.25, 0.3) is 4.85 Å². The summed E-state index contributed by atoms with van der Waals surface area (Å²) in [5, 5.41) is 8.61. The van der Waals surface area contributed by atoms with E-state index in [-0.39, 0.29) is 0 Å². The molecule has 0 saturated heterocycles. The minimum Gasteiger partial charge on any atom is -0.497 e. The van der Waals surface area contributed by atoms with Crippen molar-refractivity contribution in [2.45, 2.75) is 0 Å². The molecule has 0 aromatic heterocycles. The minimum absolute atomic E-state index is 0.449. The number of methoxy groups -OCH3 is 1. The van der Waals surface area contributed by atoms with Gasteiger partial charge in [0, 0.05) is 0 Å². The molecule has 1 aromatic rings. The van der Waals surface area contributed by atoms with Gasteiger partial charge in [0.05, 0.1) is 19.2 Å². The summed E-state index contributed by atoms with van der Waals surface area (Å²) in [5.74, 6) is 0.450. The van der Waals surface area contributed by atoms with Gasteiger partial charge >= 0.3 is 0 Å². The van der Waals surface area contributed by atoms with Crippen LogP contribution in [0, 0.1) is 17.9 Å². The zero-order valence-corrected chi connectivity index (χ0v) is 6.53. The molecular formula is C9H6N2O. The molecule has 58 valence electrons. The summed E-state index contributed by atoms with van der Waals surface area (Å²) in [5.41, 5.74) is 0.927. The van der Waals surface area contributed by atoms with Crippen molar-refractivity contribution >= 4 is 5.69 Å². The molecule has 0 radical (unpaired) electrons. The molecule has 1 rings (SSSR count). The third-order valence-corrected chi connectivity index (χ3v) is 1.43. The standard InChI is InChI=1S/C9H6N2O/c1-11-8-4-3-7(6-10)9(5-8)12-2/h3-5H,2H3/i6-1. The fourth-order valence-corrected chi connectivity index (χ4v) is 0.842. The normalized spacial score (nSPS) is 8.25. The van der Waals surface area contributed by atoms with Gasteiger partial charge in [-0.2, -0.15) is 5.26 Å². The van der Waals surface area contributed by atoms with Crippen LogP contribution in [0.15, 0.2) is 18.2 Å². The lowest BCUT2D eigenvalue weighted by atomic mass is 9.99. The minimum atomic E-state index is 0.449. The second-order valence-corrected chi connectivity index (χ2v) is 2.11. The highest BCUT2D eigenvalue weighted by Gasteiger charge is 2.01. The average molecular weight is 157 g/mol. The summed E-state index contributed by atoms with van der Waals surface area (Å²) in [6.45, 7) is 6.73. The lowest BCUT2D eigenvalue weighted by Gasteiger charge is -2.01. The molecule has 0 aliphatic rings. The van der Waals surface area contributed by atoms with Gasteiger partial charge in [-0.25, -0.2) is 4.85 Å². The van der Waals surface area contributed by atoms with Crippen molar-refractivity contribution in [3.8, 4) is 11.8 Å². The van der Waals surface area contributed by atoms with Gasteiger partial charge < -0.3 is 4.74 Å². The van der Waals surface area contributed by atoms with Gasteiger partial charge in [0.15, 0.2) is 5.69 Å². The van der Waals surface area contributed by atoms with E-state index in [9.17, 15) is 0 Å². The highest BCUT2D eigenvalue weighted by molar-refractivity contribution is 5.55. The van der Waals surface area contributed by atoms with Crippen LogP contribution in [0.1, 0.15) is 5.56 Å². The molecule has 0 atom stereocenters. The number of nitriles is 1. The third kappa shape index (κ3) is 1.36. The summed E-state index contributed by atoms with van der Waals surface area (Å²) in [6.07, 6.45) is 0. The molecule has 3 nitrogen and oxygen atoms in total. The fraction of sp³-hybridized carbons (Fsp3) is 0.111. The van der Waals surface area contributed by atoms with Gasteiger partial charge in [-0.05, 0) is 6.07 Å². The summed E-state index contributed by atoms with van der Waals surface area (Å²) in [4.78, 5) is 3.22. The average Bonchev–Trinajstić information content (AvgIpc) is 2.16. The number of nitrogens with zero attached hydrogens (tertiary/aromatic N) is 2. The second-order valence-electron chi connectivity index (χ2n) is 2.11. The molecule has 0 aliphatic carbocycles. The molecule has 12 heavy (non-hydrogen) atoms. The topological polar surface area (TPSA) is 37.4 Å². The van der Waals surface area contributed by atoms with Gasteiger partial charge in [0.1, 0.15) is 11.8 Å². The number of hydrogen-bond acceptors (Lipinski definition) is 2. The molecule has 0 amide bonds. The molecule has 0 unspecified atom stereocenters. The van der Waals surface area contributed by atoms with E-state index in [0.717, 1.165) is 0 Å². The highest BCUT2D eigenvalue weighted by atomic mass is 16.5. The first-order chi connectivity index (χ1) is 5.81. The fourth-order valence-electron chi connectivity index (χ4n) is 0.842. The van der Waals surface area contributed by atoms with E-state index in [1.54, 1.807) is 18.2 Å². The van der Waals surface area contributed by atoms with Crippen molar-refractivity contribution < 1.29 is 4.74 Å². The van der Waals surface area contributed by atoms with E-state index < -0.39 is 0 Å². The molecular weight excluding hydrogens is 151 g/mol. The molecule has 3 heteroatoms. The first-order valence-corrected chi connectivity index (χ1v) is 3.27. The monoisotopic (exact) mass is 157 g/mol. The first-order valence-electron chi connectivity index (χ1n) is 3.27. The van der Waals surface area contributed by atoms with E-state index >= 15 is 0 Å². The van der Waals surface area contributed by atoms with E-state index in [1.807, 2.05) is 6.07 Å². The van der Waals surface area contributed by atoms with E-state index in [2.05, 4.69) is 4.85 Å². The van der Waals surface area contributed by atoms with Crippen molar-refractivity contribution in [1.82, 2.24) is 0 Å². The molecule has 1 aromatic carbocycles. The van der Waals surface area contributed by atoms with E-state index in [0.29, 0.717) is 17.0 Å². The zero-order chi connectivity index (χ0) is 8.97. The lowest BCUT2D eigenvalue weighted by Crippen LogP contribution is -1.86. The summed E-state index contributed by atoms with van der Waals surface area (Å²) >= 11 is 0. The van der Waals surface area contributed by atoms with Crippen molar-refractivity contribution in [3.63, 3.8) is 0 Å². The van der Waals surface area contributed by atoms with E-state index in [1.165, 1.54) is 7.11 Å². The Morgan fingerprint density at radius 3 is 2.83 bits per heavy atom. The number of rotatable bonds is 1. The van der Waals surface area contributed by atoms with Crippen molar-refractivity contribution in [2.75, 3.05) is 7.11 Å². The Balaban J connectivity index is 3.24. The molecule has 0 N–H and O–H groups in total. The predicted octanol–water partition coefficient (Wildman–Crippen LogP) is 2.12. The largest absolute Gasteiger partial charge is 0.497 e. The van der Waals surface area contributed by atoms with Crippen molar-refractivity contribution in [1.29, 1.82) is 5.26 Å². The quantitative estimate of drug-likeness (QED) is 0.585. The Morgan fingerprint density at radius 2 is 2.33 bits per heavy atom. The molecule has 0 saturated carbocycles. The van der Waals surface area contributed by atoms with Crippen LogP contribution in [-0.2, 0) is 0 Å². The van der Waals surface area contributed by atoms with Crippen LogP contribution in [0.5, 0.6) is 5.75 Å². The van der Waals surface area contributed by atoms with Crippen LogP contribution in [0.2, 0.25) is 0 Å². The van der Waals surface area contributed by atoms with Crippen LogP contribution in [0.4, 0.5) is 5.69 Å². The number of benzene rings is 1. The Morgan fingerprint density at radius 1 is 1.58 bits per heavy atom. The first kappa shape index (κ1) is 8.10. The lowest BCUT2D eigenvalue weighted by molar-refractivity contribution is 0.414. The van der Waals surface area contributed by atoms with Gasteiger partial charge in [-0.15, -0.1) is 0 Å². The SMILES string of the molecule is [C-]#[N+]c1ccc([11C]#N)c(OC)c1. The van der Waals surface area contributed by atoms with Gasteiger partial charge in [0.2, 0.25) is 0 Å². The maximum Gasteiger partial charge on any atom is 0.190 e. The van der Waals surface area contributed by atoms with Crippen molar-refractivity contribution in [3.05, 3.63) is 35.2 Å². The van der Waals surface area contributed by atoms with Crippen LogP contribution < -0.4 is 4.74 Å². The Hall–Kier alpha value is -2.00. The Bertz CT molecular complexity index is 371. The summed E-state index contributed by atoms with van der Waals surface area (Å²) in [7, 11) is 1.48. The van der Waals surface area contributed by atoms with Gasteiger partial charge in [-0.1, -0.05) is 12.1 Å². The van der Waals surface area contributed by atoms with Gasteiger partial charge in [-0.3, -0.25) is 0 Å². The third-order valence-electron chi connectivity index (χ3n) is 1.43. The Labute approximate surface area is 70.6 Å². The molecule has 0 bridgehead atoms. The molecule has 0 aliphatic heterocycles. The maximum atomic E-state index is 8.61.